The van der Waals surface area contributed by atoms with Crippen LogP contribution in [0, 0.1) is 0 Å². The van der Waals surface area contributed by atoms with E-state index >= 15 is 0 Å². The Balaban J connectivity index is 1.08. The third-order valence-corrected chi connectivity index (χ3v) is 14.8. The topological polar surface area (TPSA) is 554 Å². The summed E-state index contributed by atoms with van der Waals surface area (Å²) in [6.07, 6.45) is -70.2. The van der Waals surface area contributed by atoms with E-state index in [-0.39, 0.29) is 0 Å². The zero-order valence-corrected chi connectivity index (χ0v) is 40.3. The Morgan fingerprint density at radius 3 is 0.351 bits per heavy atom. The van der Waals surface area contributed by atoms with Gasteiger partial charge in [-0.3, -0.25) is 0 Å². The summed E-state index contributed by atoms with van der Waals surface area (Å²) in [4.78, 5) is 0. The molecule has 35 nitrogen and oxygen atoms in total. The SMILES string of the molecule is OCC1O[C@@H]2O[C@@H]3C(CO)O[C@H](O[C@@H]4C(CO)O[C@H](O[C@@H]5C(CO)O[C@H](O[C@@H]6C(CO)O[C@H](O[C@@H]7C(CO)O[C@H](O[C@@H]8C(CO)O[C@H](O[C@H]1C(O)[C@@H]2O)C(O)[C@H]8O)C(O)[C@H]7O)C(O)[C@H]6O)[C@@H](O)C5O)[C@@H](O)C4O)[C@@H](O)C3O. The summed E-state index contributed by atoms with van der Waals surface area (Å²) in [5, 5.41) is 230. The zero-order chi connectivity index (χ0) is 56.1. The summed E-state index contributed by atoms with van der Waals surface area (Å²) in [7, 11) is 0. The lowest BCUT2D eigenvalue weighted by molar-refractivity contribution is -0.396. The van der Waals surface area contributed by atoms with Crippen LogP contribution in [0.2, 0.25) is 0 Å². The van der Waals surface area contributed by atoms with Crippen molar-refractivity contribution in [2.24, 2.45) is 0 Å². The van der Waals surface area contributed by atoms with Gasteiger partial charge in [0.05, 0.1) is 46.2 Å². The standard InChI is InChI=1S/C42H70O35/c43-1-8-29-15(50)22(57)36(64-8)72-30-9(2-44)66-38(24(59)17(30)52)74-32-11(4-46)68-40(26(61)19(32)54)76-34-13(6-48)70-42(28(63)21(34)56)77-35-14(7-49)69-41(27(62)20(35)55)75-33-12(5-47)67-39(25(60)18(33)53)73-31-10(3-45)65-37(71-29)23(58)16(31)51/h8-63H,1-7H2/t8?,9?,10?,11?,12?,13?,14?,15-,16-,17-,18?,19?,20?,21?,22?,23?,24?,25+,26+,27+,28+,29-,30-,31-,32-,33-,34-,35-,36-,37-,38-,39-,40-,41-,42-/m1/s1. The van der Waals surface area contributed by atoms with Gasteiger partial charge in [-0.2, -0.15) is 0 Å². The molecule has 0 aromatic rings. The van der Waals surface area contributed by atoms with Crippen LogP contribution in [0.3, 0.4) is 0 Å². The highest BCUT2D eigenvalue weighted by molar-refractivity contribution is 5.01. The fraction of sp³-hybridized carbons (Fsp3) is 1.00. The third kappa shape index (κ3) is 12.1. The lowest BCUT2D eigenvalue weighted by atomic mass is 9.95. The Bertz CT molecular complexity index is 1470. The number of rotatable bonds is 7. The second-order valence-corrected chi connectivity index (χ2v) is 19.7. The first-order valence-corrected chi connectivity index (χ1v) is 24.6. The minimum absolute atomic E-state index is 1.05. The average molecular weight is 1130 g/mol. The summed E-state index contributed by atoms with van der Waals surface area (Å²) in [5.74, 6) is 0. The van der Waals surface area contributed by atoms with Gasteiger partial charge in [-0.05, 0) is 0 Å². The summed E-state index contributed by atoms with van der Waals surface area (Å²) in [6, 6.07) is 0. The van der Waals surface area contributed by atoms with Crippen molar-refractivity contribution in [3.8, 4) is 0 Å². The second kappa shape index (κ2) is 26.0. The molecule has 35 heteroatoms. The number of hydrogen-bond donors (Lipinski definition) is 21. The number of aliphatic hydroxyl groups excluding tert-OH is 21. The van der Waals surface area contributed by atoms with Crippen LogP contribution in [0.15, 0.2) is 0 Å². The molecular formula is C42H70O35. The van der Waals surface area contributed by atoms with Crippen LogP contribution in [-0.4, -0.2) is 368 Å². The van der Waals surface area contributed by atoms with E-state index in [2.05, 4.69) is 0 Å². The van der Waals surface area contributed by atoms with E-state index in [0.29, 0.717) is 0 Å². The quantitative estimate of drug-likeness (QED) is 0.113. The van der Waals surface area contributed by atoms with Crippen molar-refractivity contribution < 1.29 is 174 Å². The highest BCUT2D eigenvalue weighted by Gasteiger charge is 2.59. The van der Waals surface area contributed by atoms with Crippen molar-refractivity contribution >= 4 is 0 Å². The van der Waals surface area contributed by atoms with E-state index in [1.807, 2.05) is 0 Å². The first-order chi connectivity index (χ1) is 36.7. The first kappa shape index (κ1) is 61.7. The molecule has 35 atom stereocenters. The Morgan fingerprint density at radius 2 is 0.260 bits per heavy atom. The van der Waals surface area contributed by atoms with Crippen molar-refractivity contribution in [2.45, 2.75) is 215 Å². The Kier molecular flexibility index (Phi) is 20.8. The van der Waals surface area contributed by atoms with Crippen LogP contribution < -0.4 is 0 Å². The molecule has 21 N–H and O–H groups in total. The molecule has 21 aliphatic heterocycles. The van der Waals surface area contributed by atoms with E-state index in [1.54, 1.807) is 0 Å². The van der Waals surface area contributed by atoms with Gasteiger partial charge >= 0.3 is 0 Å². The van der Waals surface area contributed by atoms with Crippen LogP contribution in [0.4, 0.5) is 0 Å². The molecule has 21 saturated heterocycles. The minimum Gasteiger partial charge on any atom is -0.394 e. The molecule has 77 heavy (non-hydrogen) atoms. The van der Waals surface area contributed by atoms with Gasteiger partial charge in [-0.25, -0.2) is 0 Å². The lowest BCUT2D eigenvalue weighted by Gasteiger charge is -2.50. The molecule has 0 saturated carbocycles. The maximum Gasteiger partial charge on any atom is 0.187 e. The lowest BCUT2D eigenvalue weighted by Crippen LogP contribution is -2.68. The van der Waals surface area contributed by atoms with Crippen LogP contribution >= 0.6 is 0 Å². The molecule has 0 aliphatic carbocycles. The maximum absolute atomic E-state index is 11.3. The fourth-order valence-electron chi connectivity index (χ4n) is 10.4. The van der Waals surface area contributed by atoms with Gasteiger partial charge in [0, 0.05) is 0 Å². The largest absolute Gasteiger partial charge is 0.394 e. The van der Waals surface area contributed by atoms with E-state index in [4.69, 9.17) is 66.3 Å². The first-order valence-electron chi connectivity index (χ1n) is 24.6. The fourth-order valence-corrected chi connectivity index (χ4v) is 10.4. The number of hydrogen-bond acceptors (Lipinski definition) is 35. The normalized spacial score (nSPS) is 55.4. The van der Waals surface area contributed by atoms with Crippen LogP contribution in [0.1, 0.15) is 0 Å². The Hall–Kier alpha value is -1.40. The Morgan fingerprint density at radius 1 is 0.156 bits per heavy atom. The molecule has 21 fully saturated rings. The van der Waals surface area contributed by atoms with Crippen LogP contribution in [-0.2, 0) is 66.3 Å². The smallest absolute Gasteiger partial charge is 0.187 e. The van der Waals surface area contributed by atoms with Gasteiger partial charge in [-0.1, -0.05) is 0 Å². The van der Waals surface area contributed by atoms with Gasteiger partial charge < -0.3 is 174 Å². The summed E-state index contributed by atoms with van der Waals surface area (Å²) >= 11 is 0. The molecule has 0 aromatic heterocycles. The van der Waals surface area contributed by atoms with Crippen molar-refractivity contribution in [3.05, 3.63) is 0 Å². The molecule has 14 bridgehead atoms. The minimum atomic E-state index is -2.21. The van der Waals surface area contributed by atoms with Crippen LogP contribution in [0.25, 0.3) is 0 Å². The molecule has 0 spiro atoms. The van der Waals surface area contributed by atoms with Gasteiger partial charge in [-0.15, -0.1) is 0 Å². The molecule has 0 radical (unpaired) electrons. The van der Waals surface area contributed by atoms with Crippen molar-refractivity contribution in [1.82, 2.24) is 0 Å². The monoisotopic (exact) mass is 1130 g/mol. The molecule has 0 aromatic carbocycles. The molecular weight excluding hydrogens is 1060 g/mol. The van der Waals surface area contributed by atoms with Crippen LogP contribution in [0.5, 0.6) is 0 Å². The third-order valence-electron chi connectivity index (χ3n) is 14.8. The highest BCUT2D eigenvalue weighted by atomic mass is 16.8. The van der Waals surface area contributed by atoms with Gasteiger partial charge in [0.2, 0.25) is 0 Å². The molecule has 14 unspecified atom stereocenters. The molecule has 0 amide bonds. The van der Waals surface area contributed by atoms with Gasteiger partial charge in [0.25, 0.3) is 0 Å². The van der Waals surface area contributed by atoms with E-state index in [0.717, 1.165) is 0 Å². The Labute approximate surface area is 434 Å². The number of ether oxygens (including phenoxy) is 14. The average Bonchev–Trinajstić information content (AvgIpc) is 3.47. The molecule has 21 aliphatic rings. The van der Waals surface area contributed by atoms with E-state index in [9.17, 15) is 107 Å². The maximum atomic E-state index is 11.3. The highest BCUT2D eigenvalue weighted by Crippen LogP contribution is 2.39. The molecule has 21 heterocycles. The summed E-state index contributed by atoms with van der Waals surface area (Å²) in [5.41, 5.74) is 0. The predicted molar refractivity (Wildman–Crippen MR) is 228 cm³/mol. The molecule has 21 rings (SSSR count). The predicted octanol–water partition coefficient (Wildman–Crippen LogP) is -15.2. The van der Waals surface area contributed by atoms with Gasteiger partial charge in [0.1, 0.15) is 171 Å². The van der Waals surface area contributed by atoms with E-state index in [1.165, 1.54) is 0 Å². The second-order valence-electron chi connectivity index (χ2n) is 19.7. The van der Waals surface area contributed by atoms with Crippen molar-refractivity contribution in [3.63, 3.8) is 0 Å². The zero-order valence-electron chi connectivity index (χ0n) is 40.3. The summed E-state index contributed by atoms with van der Waals surface area (Å²) in [6.45, 7) is -7.33. The molecule has 448 valence electrons. The summed E-state index contributed by atoms with van der Waals surface area (Å²) < 4.78 is 79.5. The van der Waals surface area contributed by atoms with Gasteiger partial charge in [0.15, 0.2) is 44.0 Å². The van der Waals surface area contributed by atoms with Crippen molar-refractivity contribution in [2.75, 3.05) is 46.2 Å². The van der Waals surface area contributed by atoms with E-state index < -0.39 is 261 Å². The van der Waals surface area contributed by atoms with Crippen molar-refractivity contribution in [1.29, 1.82) is 0 Å². The number of aliphatic hydroxyl groups is 21.